The second kappa shape index (κ2) is 6.34. The number of nitrogens with zero attached hydrogens (tertiary/aromatic N) is 3. The standard InChI is InChI=1S/C25H32N4O3/c1-23(2,32)14-28(3)22(31)18-11-29-19(5-4-6-20(29)27-18)21(30)26-13-24-8-15-7-17(15)25(12-24)10-16(25)9-24/h4-6,11,15-17,32H,7-10,12-14H2,1-3H3,(H,26,30). The minimum atomic E-state index is -0.993. The summed E-state index contributed by atoms with van der Waals surface area (Å²) in [4.78, 5) is 31.9. The molecule has 2 N–H and O–H groups in total. The van der Waals surface area contributed by atoms with E-state index < -0.39 is 5.60 Å². The first-order valence-corrected chi connectivity index (χ1v) is 11.8. The first kappa shape index (κ1) is 20.2. The van der Waals surface area contributed by atoms with Gasteiger partial charge in [-0.05, 0) is 86.7 Å². The maximum Gasteiger partial charge on any atom is 0.273 e. The summed E-state index contributed by atoms with van der Waals surface area (Å²) in [5.74, 6) is 2.41. The van der Waals surface area contributed by atoms with Crippen LogP contribution in [0.25, 0.3) is 5.65 Å². The normalized spacial score (nSPS) is 34.1. The summed E-state index contributed by atoms with van der Waals surface area (Å²) < 4.78 is 1.70. The Morgan fingerprint density at radius 3 is 2.91 bits per heavy atom. The van der Waals surface area contributed by atoms with Crippen LogP contribution in [0.3, 0.4) is 0 Å². The third-order valence-corrected chi connectivity index (χ3v) is 8.56. The smallest absolute Gasteiger partial charge is 0.273 e. The summed E-state index contributed by atoms with van der Waals surface area (Å²) in [6.07, 6.45) is 8.32. The highest BCUT2D eigenvalue weighted by Gasteiger charge is 2.76. The van der Waals surface area contributed by atoms with Crippen LogP contribution in [0.4, 0.5) is 0 Å². The average Bonchev–Trinajstić information content (AvgIpc) is 3.55. The molecule has 32 heavy (non-hydrogen) atoms. The number of fused-ring (bicyclic) bond motifs is 3. The summed E-state index contributed by atoms with van der Waals surface area (Å²) in [5.41, 5.74) is 1.26. The quantitative estimate of drug-likeness (QED) is 0.729. The lowest BCUT2D eigenvalue weighted by Crippen LogP contribution is -2.40. The molecule has 0 aliphatic heterocycles. The van der Waals surface area contributed by atoms with Gasteiger partial charge in [-0.2, -0.15) is 0 Å². The second-order valence-electron chi connectivity index (χ2n) is 11.7. The number of carbonyl (C=O) groups is 2. The number of pyridine rings is 1. The van der Waals surface area contributed by atoms with Crippen molar-refractivity contribution in [2.24, 2.45) is 28.6 Å². The zero-order chi connectivity index (χ0) is 22.5. The van der Waals surface area contributed by atoms with Crippen LogP contribution in [-0.2, 0) is 0 Å². The van der Waals surface area contributed by atoms with Crippen molar-refractivity contribution in [3.8, 4) is 0 Å². The molecule has 4 saturated carbocycles. The molecular formula is C25H32N4O3. The van der Waals surface area contributed by atoms with Gasteiger partial charge in [-0.15, -0.1) is 0 Å². The molecular weight excluding hydrogens is 404 g/mol. The average molecular weight is 437 g/mol. The van der Waals surface area contributed by atoms with E-state index in [4.69, 9.17) is 0 Å². The molecule has 2 heterocycles. The zero-order valence-corrected chi connectivity index (χ0v) is 19.1. The molecule has 0 radical (unpaired) electrons. The van der Waals surface area contributed by atoms with Gasteiger partial charge >= 0.3 is 0 Å². The van der Waals surface area contributed by atoms with Crippen LogP contribution in [0.1, 0.15) is 66.9 Å². The van der Waals surface area contributed by atoms with Crippen LogP contribution in [-0.4, -0.2) is 56.9 Å². The number of aromatic nitrogens is 2. The van der Waals surface area contributed by atoms with Crippen LogP contribution in [0.5, 0.6) is 0 Å². The van der Waals surface area contributed by atoms with Crippen LogP contribution in [0, 0.1) is 28.6 Å². The Labute approximate surface area is 188 Å². The highest BCUT2D eigenvalue weighted by molar-refractivity contribution is 5.95. The van der Waals surface area contributed by atoms with Crippen molar-refractivity contribution in [3.63, 3.8) is 0 Å². The van der Waals surface area contributed by atoms with Crippen molar-refractivity contribution in [2.45, 2.75) is 51.6 Å². The lowest BCUT2D eigenvalue weighted by atomic mass is 9.71. The Kier molecular flexibility index (Phi) is 4.00. The predicted octanol–water partition coefficient (Wildman–Crippen LogP) is 2.73. The second-order valence-corrected chi connectivity index (χ2v) is 11.7. The maximum atomic E-state index is 13.2. The fourth-order valence-corrected chi connectivity index (χ4v) is 7.37. The van der Waals surface area contributed by atoms with Crippen LogP contribution in [0.15, 0.2) is 24.4 Å². The van der Waals surface area contributed by atoms with Crippen molar-refractivity contribution < 1.29 is 14.7 Å². The van der Waals surface area contributed by atoms with E-state index in [1.54, 1.807) is 49.7 Å². The molecule has 5 unspecified atom stereocenters. The number of hydrogen-bond acceptors (Lipinski definition) is 4. The Morgan fingerprint density at radius 1 is 1.31 bits per heavy atom. The lowest BCUT2D eigenvalue weighted by molar-refractivity contribution is 0.0365. The van der Waals surface area contributed by atoms with Crippen molar-refractivity contribution in [1.82, 2.24) is 19.6 Å². The largest absolute Gasteiger partial charge is 0.389 e. The predicted molar refractivity (Wildman–Crippen MR) is 119 cm³/mol. The molecule has 0 aromatic carbocycles. The molecule has 2 aromatic rings. The van der Waals surface area contributed by atoms with E-state index in [1.165, 1.54) is 37.0 Å². The van der Waals surface area contributed by atoms with Gasteiger partial charge in [0.05, 0.1) is 5.60 Å². The molecule has 2 bridgehead atoms. The lowest BCUT2D eigenvalue weighted by Gasteiger charge is -2.36. The van der Waals surface area contributed by atoms with Crippen molar-refractivity contribution >= 4 is 17.5 Å². The number of imidazole rings is 1. The van der Waals surface area contributed by atoms with E-state index in [2.05, 4.69) is 10.3 Å². The molecule has 1 spiro atoms. The summed E-state index contributed by atoms with van der Waals surface area (Å²) >= 11 is 0. The highest BCUT2D eigenvalue weighted by Crippen LogP contribution is 2.83. The molecule has 7 nitrogen and oxygen atoms in total. The van der Waals surface area contributed by atoms with Crippen LogP contribution in [0.2, 0.25) is 0 Å². The van der Waals surface area contributed by atoms with E-state index >= 15 is 0 Å². The molecule has 4 aliphatic rings. The summed E-state index contributed by atoms with van der Waals surface area (Å²) in [6.45, 7) is 4.26. The third kappa shape index (κ3) is 3.08. The van der Waals surface area contributed by atoms with Crippen LogP contribution >= 0.6 is 0 Å². The van der Waals surface area contributed by atoms with Gasteiger partial charge in [-0.1, -0.05) is 6.07 Å². The van der Waals surface area contributed by atoms with Gasteiger partial charge in [0.25, 0.3) is 11.8 Å². The number of aliphatic hydroxyl groups is 1. The molecule has 0 saturated heterocycles. The molecule has 4 fully saturated rings. The van der Waals surface area contributed by atoms with Crippen molar-refractivity contribution in [1.29, 1.82) is 0 Å². The third-order valence-electron chi connectivity index (χ3n) is 8.56. The van der Waals surface area contributed by atoms with E-state index in [0.29, 0.717) is 22.2 Å². The van der Waals surface area contributed by atoms with E-state index in [-0.39, 0.29) is 24.1 Å². The Hall–Kier alpha value is -2.41. The first-order chi connectivity index (χ1) is 15.1. The number of carbonyl (C=O) groups excluding carboxylic acids is 2. The van der Waals surface area contributed by atoms with Gasteiger partial charge in [0.1, 0.15) is 17.0 Å². The van der Waals surface area contributed by atoms with E-state index in [0.717, 1.165) is 24.3 Å². The monoisotopic (exact) mass is 436 g/mol. The number of nitrogens with one attached hydrogen (secondary N) is 1. The molecule has 5 atom stereocenters. The fraction of sp³-hybridized carbons (Fsp3) is 0.640. The molecule has 7 heteroatoms. The molecule has 170 valence electrons. The van der Waals surface area contributed by atoms with Gasteiger partial charge in [-0.3, -0.25) is 14.0 Å². The minimum absolute atomic E-state index is 0.112. The number of rotatable bonds is 6. The topological polar surface area (TPSA) is 86.9 Å². The fourth-order valence-electron chi connectivity index (χ4n) is 7.37. The highest BCUT2D eigenvalue weighted by atomic mass is 16.3. The molecule has 2 aromatic heterocycles. The zero-order valence-electron chi connectivity index (χ0n) is 19.1. The minimum Gasteiger partial charge on any atom is -0.389 e. The van der Waals surface area contributed by atoms with Gasteiger partial charge in [0, 0.05) is 26.3 Å². The van der Waals surface area contributed by atoms with E-state index in [1.807, 2.05) is 0 Å². The summed E-state index contributed by atoms with van der Waals surface area (Å²) in [6, 6.07) is 5.38. The SMILES string of the molecule is CN(CC(C)(C)O)C(=O)c1cn2c(C(=O)NCC34CC5CC5C5(CC5C3)C4)cccc2n1. The summed E-state index contributed by atoms with van der Waals surface area (Å²) in [7, 11) is 1.64. The number of likely N-dealkylation sites (N-methyl/N-ethyl adjacent to an activating group) is 1. The Balaban J connectivity index is 1.19. The first-order valence-electron chi connectivity index (χ1n) is 11.8. The number of hydrogen-bond donors (Lipinski definition) is 2. The van der Waals surface area contributed by atoms with E-state index in [9.17, 15) is 14.7 Å². The molecule has 2 amide bonds. The Bertz CT molecular complexity index is 1130. The maximum absolute atomic E-state index is 13.2. The van der Waals surface area contributed by atoms with Crippen molar-refractivity contribution in [2.75, 3.05) is 20.1 Å². The Morgan fingerprint density at radius 2 is 2.12 bits per heavy atom. The number of amides is 2. The van der Waals surface area contributed by atoms with Crippen LogP contribution < -0.4 is 5.32 Å². The van der Waals surface area contributed by atoms with Gasteiger partial charge in [0.15, 0.2) is 0 Å². The summed E-state index contributed by atoms with van der Waals surface area (Å²) in [5, 5.41) is 13.2. The van der Waals surface area contributed by atoms with Gasteiger partial charge < -0.3 is 15.3 Å². The molecule has 6 rings (SSSR count). The van der Waals surface area contributed by atoms with Gasteiger partial charge in [-0.25, -0.2) is 4.98 Å². The van der Waals surface area contributed by atoms with Gasteiger partial charge in [0.2, 0.25) is 0 Å². The molecule has 4 aliphatic carbocycles. The van der Waals surface area contributed by atoms with Crippen molar-refractivity contribution in [3.05, 3.63) is 35.8 Å².